The first-order valence-corrected chi connectivity index (χ1v) is 16.1. The molecule has 1 aromatic carbocycles. The molecule has 3 unspecified atom stereocenters. The summed E-state index contributed by atoms with van der Waals surface area (Å²) in [6.07, 6.45) is 13.9. The van der Waals surface area contributed by atoms with Crippen LogP contribution in [0.1, 0.15) is 109 Å². The van der Waals surface area contributed by atoms with Gasteiger partial charge >= 0.3 is 5.97 Å². The van der Waals surface area contributed by atoms with Crippen LogP contribution in [0.3, 0.4) is 0 Å². The monoisotopic (exact) mass is 562 g/mol. The maximum Gasteiger partial charge on any atom is 0.303 e. The minimum absolute atomic E-state index is 0.0843. The fourth-order valence-corrected chi connectivity index (χ4v) is 9.01. The Morgan fingerprint density at radius 2 is 1.66 bits per heavy atom. The predicted molar refractivity (Wildman–Crippen MR) is 160 cm³/mol. The molecule has 7 atom stereocenters. The van der Waals surface area contributed by atoms with E-state index in [0.29, 0.717) is 30.4 Å². The van der Waals surface area contributed by atoms with Gasteiger partial charge in [-0.3, -0.25) is 14.5 Å². The SMILES string of the molecule is CCON=C(CCC(=O)O)c1nc2ccccc2n(C2C[C@H]3CCC[C@@H](C2)N3C2C[C@H]3CC(CC)C[C@@H](C2)C3)c1=O. The standard InChI is InChI=1S/C33H46N4O4/c1-3-21-14-22-16-23(15-21)18-26(17-22)36-24-8-7-9-25(36)20-27(19-24)37-30-11-6-5-10-28(30)34-32(33(37)40)29(35-41-4-2)12-13-31(38)39/h5-6,10-11,21-27H,3-4,7-9,12-20H2,1-2H3,(H,38,39)/t21?,22-,23+,24-,25+,26?,27?. The Morgan fingerprint density at radius 3 is 2.32 bits per heavy atom. The molecule has 1 aromatic heterocycles. The molecule has 8 nitrogen and oxygen atoms in total. The van der Waals surface area contributed by atoms with Gasteiger partial charge in [0.2, 0.25) is 0 Å². The molecule has 2 aliphatic heterocycles. The third kappa shape index (κ3) is 5.81. The number of carboxylic acids is 1. The number of rotatable bonds is 9. The first kappa shape index (κ1) is 28.4. The molecule has 4 aliphatic rings. The van der Waals surface area contributed by atoms with E-state index in [1.54, 1.807) is 0 Å². The van der Waals surface area contributed by atoms with Crippen LogP contribution in [0.2, 0.25) is 0 Å². The molecular formula is C33H46N4O4. The third-order valence-electron chi connectivity index (χ3n) is 10.5. The highest BCUT2D eigenvalue weighted by Crippen LogP contribution is 2.49. The van der Waals surface area contributed by atoms with E-state index in [1.807, 2.05) is 35.8 Å². The van der Waals surface area contributed by atoms with Gasteiger partial charge in [0.1, 0.15) is 12.3 Å². The molecule has 0 amide bonds. The van der Waals surface area contributed by atoms with Crippen molar-refractivity contribution in [1.82, 2.24) is 14.5 Å². The third-order valence-corrected chi connectivity index (χ3v) is 10.5. The molecule has 4 fully saturated rings. The number of aliphatic carboxylic acids is 1. The van der Waals surface area contributed by atoms with Gasteiger partial charge < -0.3 is 14.5 Å². The molecule has 2 aliphatic carbocycles. The number of piperidine rings is 2. The van der Waals surface area contributed by atoms with Crippen molar-refractivity contribution in [3.05, 3.63) is 40.3 Å². The van der Waals surface area contributed by atoms with E-state index in [9.17, 15) is 14.7 Å². The second-order valence-electron chi connectivity index (χ2n) is 13.1. The highest BCUT2D eigenvalue weighted by Gasteiger charge is 2.46. The lowest BCUT2D eigenvalue weighted by Crippen LogP contribution is -2.59. The van der Waals surface area contributed by atoms with Crippen LogP contribution in [-0.2, 0) is 9.63 Å². The van der Waals surface area contributed by atoms with Crippen LogP contribution in [0, 0.1) is 17.8 Å². The summed E-state index contributed by atoms with van der Waals surface area (Å²) >= 11 is 0. The molecule has 6 rings (SSSR count). The van der Waals surface area contributed by atoms with E-state index >= 15 is 0 Å². The van der Waals surface area contributed by atoms with E-state index in [1.165, 1.54) is 57.8 Å². The zero-order valence-electron chi connectivity index (χ0n) is 24.7. The zero-order valence-corrected chi connectivity index (χ0v) is 24.7. The fraction of sp³-hybridized carbons (Fsp3) is 0.697. The van der Waals surface area contributed by atoms with Crippen LogP contribution in [0.5, 0.6) is 0 Å². The van der Waals surface area contributed by atoms with Crippen molar-refractivity contribution in [3.63, 3.8) is 0 Å². The van der Waals surface area contributed by atoms with Crippen LogP contribution in [0.25, 0.3) is 11.0 Å². The lowest BCUT2D eigenvalue weighted by molar-refractivity contribution is -0.136. The number of hydrogen-bond acceptors (Lipinski definition) is 6. The van der Waals surface area contributed by atoms with Gasteiger partial charge in [0.15, 0.2) is 5.69 Å². The van der Waals surface area contributed by atoms with E-state index < -0.39 is 5.97 Å². The molecule has 4 bridgehead atoms. The topological polar surface area (TPSA) is 97.0 Å². The Morgan fingerprint density at radius 1 is 0.951 bits per heavy atom. The summed E-state index contributed by atoms with van der Waals surface area (Å²) < 4.78 is 1.98. The molecule has 2 saturated heterocycles. The molecule has 8 heteroatoms. The normalized spacial score (nSPS) is 32.1. The number of carboxylic acid groups (broad SMARTS) is 1. The molecule has 0 radical (unpaired) electrons. The Bertz CT molecular complexity index is 1310. The summed E-state index contributed by atoms with van der Waals surface area (Å²) in [7, 11) is 0. The van der Waals surface area contributed by atoms with Gasteiger partial charge in [-0.15, -0.1) is 0 Å². The molecule has 41 heavy (non-hydrogen) atoms. The van der Waals surface area contributed by atoms with Crippen LogP contribution in [0.15, 0.2) is 34.2 Å². The first-order chi connectivity index (χ1) is 19.9. The highest BCUT2D eigenvalue weighted by molar-refractivity contribution is 6.00. The van der Waals surface area contributed by atoms with E-state index in [-0.39, 0.29) is 30.1 Å². The van der Waals surface area contributed by atoms with Crippen molar-refractivity contribution in [1.29, 1.82) is 0 Å². The lowest BCUT2D eigenvalue weighted by atomic mass is 9.64. The second-order valence-corrected chi connectivity index (χ2v) is 13.1. The van der Waals surface area contributed by atoms with Crippen molar-refractivity contribution in [2.45, 2.75) is 121 Å². The number of carbonyl (C=O) groups is 1. The molecule has 3 heterocycles. The van der Waals surface area contributed by atoms with Crippen molar-refractivity contribution in [2.75, 3.05) is 6.61 Å². The number of benzene rings is 1. The number of para-hydroxylation sites is 2. The number of nitrogens with zero attached hydrogens (tertiary/aromatic N) is 4. The van der Waals surface area contributed by atoms with Crippen molar-refractivity contribution in [2.24, 2.45) is 22.9 Å². The van der Waals surface area contributed by atoms with E-state index in [2.05, 4.69) is 17.0 Å². The Kier molecular flexibility index (Phi) is 8.47. The molecule has 0 spiro atoms. The number of aromatic nitrogens is 2. The largest absolute Gasteiger partial charge is 0.481 e. The number of hydrogen-bond donors (Lipinski definition) is 1. The Hall–Kier alpha value is -2.74. The summed E-state index contributed by atoms with van der Waals surface area (Å²) in [6.45, 7) is 4.52. The van der Waals surface area contributed by atoms with Gasteiger partial charge in [-0.05, 0) is 94.6 Å². The maximum atomic E-state index is 14.2. The predicted octanol–water partition coefficient (Wildman–Crippen LogP) is 6.16. The second kappa shape index (κ2) is 12.2. The Balaban J connectivity index is 1.32. The average molecular weight is 563 g/mol. The van der Waals surface area contributed by atoms with Gasteiger partial charge in [0.25, 0.3) is 5.56 Å². The highest BCUT2D eigenvalue weighted by atomic mass is 16.6. The quantitative estimate of drug-likeness (QED) is 0.290. The van der Waals surface area contributed by atoms with Crippen LogP contribution in [0.4, 0.5) is 0 Å². The maximum absolute atomic E-state index is 14.2. The molecular weight excluding hydrogens is 516 g/mol. The Labute approximate surface area is 243 Å². The van der Waals surface area contributed by atoms with Crippen LogP contribution < -0.4 is 5.56 Å². The van der Waals surface area contributed by atoms with Gasteiger partial charge in [0, 0.05) is 30.6 Å². The van der Waals surface area contributed by atoms with E-state index in [0.717, 1.165) is 41.6 Å². The summed E-state index contributed by atoms with van der Waals surface area (Å²) in [5.74, 6) is 1.77. The molecule has 1 N–H and O–H groups in total. The smallest absolute Gasteiger partial charge is 0.303 e. The van der Waals surface area contributed by atoms with Gasteiger partial charge in [-0.2, -0.15) is 0 Å². The lowest BCUT2D eigenvalue weighted by Gasteiger charge is -2.56. The molecule has 2 saturated carbocycles. The fourth-order valence-electron chi connectivity index (χ4n) is 9.01. The summed E-state index contributed by atoms with van der Waals surface area (Å²) in [5.41, 5.74) is 1.94. The van der Waals surface area contributed by atoms with Gasteiger partial charge in [-0.1, -0.05) is 37.1 Å². The van der Waals surface area contributed by atoms with E-state index in [4.69, 9.17) is 9.82 Å². The van der Waals surface area contributed by atoms with Gasteiger partial charge in [0.05, 0.1) is 17.5 Å². The molecule has 2 aromatic rings. The van der Waals surface area contributed by atoms with Crippen molar-refractivity contribution >= 4 is 22.7 Å². The summed E-state index contributed by atoms with van der Waals surface area (Å²) in [4.78, 5) is 38.6. The van der Waals surface area contributed by atoms with Crippen molar-refractivity contribution in [3.8, 4) is 0 Å². The first-order valence-electron chi connectivity index (χ1n) is 16.1. The number of oxime groups is 1. The summed E-state index contributed by atoms with van der Waals surface area (Å²) in [5, 5.41) is 13.5. The van der Waals surface area contributed by atoms with Crippen LogP contribution in [-0.4, -0.2) is 56.0 Å². The molecule has 222 valence electrons. The average Bonchev–Trinajstić information content (AvgIpc) is 2.96. The van der Waals surface area contributed by atoms with Gasteiger partial charge in [-0.25, -0.2) is 4.98 Å². The van der Waals surface area contributed by atoms with Crippen LogP contribution >= 0.6 is 0 Å². The number of fused-ring (bicyclic) bond motifs is 5. The zero-order chi connectivity index (χ0) is 28.5. The summed E-state index contributed by atoms with van der Waals surface area (Å²) in [6, 6.07) is 9.62. The minimum Gasteiger partial charge on any atom is -0.481 e. The minimum atomic E-state index is -0.937. The van der Waals surface area contributed by atoms with Crippen molar-refractivity contribution < 1.29 is 14.7 Å².